The van der Waals surface area contributed by atoms with Gasteiger partial charge in [0.1, 0.15) is 5.82 Å². The number of aliphatic imine (C=N–C) groups is 1. The van der Waals surface area contributed by atoms with E-state index in [1.165, 1.54) is 17.8 Å². The quantitative estimate of drug-likeness (QED) is 0.489. The lowest BCUT2D eigenvalue weighted by atomic mass is 10.1. The van der Waals surface area contributed by atoms with Crippen molar-refractivity contribution in [3.05, 3.63) is 58.2 Å². The summed E-state index contributed by atoms with van der Waals surface area (Å²) in [6.07, 6.45) is 4.81. The number of benzene rings is 1. The molecular weight excluding hydrogens is 397 g/mol. The van der Waals surface area contributed by atoms with Gasteiger partial charge < -0.3 is 19.8 Å². The Morgan fingerprint density at radius 3 is 2.88 bits per heavy atom. The van der Waals surface area contributed by atoms with Crippen molar-refractivity contribution in [1.82, 2.24) is 19.8 Å². The maximum absolute atomic E-state index is 13.3. The molecule has 0 aliphatic rings. The van der Waals surface area contributed by atoms with Crippen LogP contribution in [0, 0.1) is 5.82 Å². The number of rotatable bonds is 5. The van der Waals surface area contributed by atoms with Gasteiger partial charge in [0.15, 0.2) is 5.96 Å². The Bertz CT molecular complexity index is 927. The van der Waals surface area contributed by atoms with Gasteiger partial charge in [-0.2, -0.15) is 0 Å². The van der Waals surface area contributed by atoms with E-state index < -0.39 is 0 Å². The fourth-order valence-corrected chi connectivity index (χ4v) is 3.67. The number of hydrogen-bond donors (Lipinski definition) is 2. The molecule has 0 radical (unpaired) electrons. The van der Waals surface area contributed by atoms with E-state index in [9.17, 15) is 4.39 Å². The molecule has 0 unspecified atom stereocenters. The van der Waals surface area contributed by atoms with E-state index in [4.69, 9.17) is 0 Å². The lowest BCUT2D eigenvalue weighted by molar-refractivity contribution is 0.462. The van der Waals surface area contributed by atoms with Gasteiger partial charge in [0.2, 0.25) is 0 Å². The third-order valence-corrected chi connectivity index (χ3v) is 4.89. The van der Waals surface area contributed by atoms with Gasteiger partial charge in [-0.15, -0.1) is 0 Å². The minimum Gasteiger partial charge on any atom is -0.361 e. The molecule has 0 saturated carbocycles. The summed E-state index contributed by atoms with van der Waals surface area (Å²) in [6.45, 7) is 1.51. The van der Waals surface area contributed by atoms with Crippen LogP contribution in [-0.2, 0) is 20.0 Å². The van der Waals surface area contributed by atoms with Crippen LogP contribution < -0.4 is 5.32 Å². The fourth-order valence-electron chi connectivity index (χ4n) is 3.10. The number of halogens is 2. The number of fused-ring (bicyclic) bond motifs is 1. The first-order valence-electron chi connectivity index (χ1n) is 8.46. The van der Waals surface area contributed by atoms with Crippen LogP contribution in [0.25, 0.3) is 10.9 Å². The van der Waals surface area contributed by atoms with Crippen molar-refractivity contribution >= 4 is 32.8 Å². The highest BCUT2D eigenvalue weighted by Crippen LogP contribution is 2.19. The second-order valence-corrected chi connectivity index (χ2v) is 7.26. The van der Waals surface area contributed by atoms with E-state index in [-0.39, 0.29) is 5.82 Å². The van der Waals surface area contributed by atoms with Crippen molar-refractivity contribution in [3.63, 3.8) is 0 Å². The number of nitrogens with one attached hydrogen (secondary N) is 2. The smallest absolute Gasteiger partial charge is 0.193 e. The minimum absolute atomic E-state index is 0.224. The fraction of sp³-hybridized carbons (Fsp3) is 0.316. The van der Waals surface area contributed by atoms with Crippen LogP contribution in [0.5, 0.6) is 0 Å². The standard InChI is InChI=1S/C19H23BrFN5/c1-22-19(26(3)12-16-8-14(20)11-25(16)2)23-7-6-13-10-24-18-9-15(21)4-5-17(13)18/h4-5,8-11,24H,6-7,12H2,1-3H3,(H,22,23). The molecule has 0 bridgehead atoms. The molecule has 0 aliphatic carbocycles. The Balaban J connectivity index is 1.59. The van der Waals surface area contributed by atoms with Crippen molar-refractivity contribution in [3.8, 4) is 0 Å². The molecule has 3 rings (SSSR count). The average molecular weight is 420 g/mol. The molecule has 7 heteroatoms. The highest BCUT2D eigenvalue weighted by Gasteiger charge is 2.10. The second-order valence-electron chi connectivity index (χ2n) is 6.34. The van der Waals surface area contributed by atoms with E-state index in [1.807, 2.05) is 32.6 Å². The van der Waals surface area contributed by atoms with E-state index in [0.29, 0.717) is 0 Å². The molecular formula is C19H23BrFN5. The Morgan fingerprint density at radius 2 is 2.19 bits per heavy atom. The number of aromatic amines is 1. The number of aryl methyl sites for hydroxylation is 1. The molecule has 138 valence electrons. The normalized spacial score (nSPS) is 12.0. The molecule has 2 N–H and O–H groups in total. The zero-order valence-electron chi connectivity index (χ0n) is 15.2. The van der Waals surface area contributed by atoms with E-state index in [0.717, 1.165) is 46.4 Å². The molecule has 5 nitrogen and oxygen atoms in total. The summed E-state index contributed by atoms with van der Waals surface area (Å²) in [7, 11) is 5.84. The number of guanidine groups is 1. The zero-order chi connectivity index (χ0) is 18.7. The summed E-state index contributed by atoms with van der Waals surface area (Å²) in [5.74, 6) is 0.617. The number of aromatic nitrogens is 2. The van der Waals surface area contributed by atoms with Gasteiger partial charge in [-0.05, 0) is 52.2 Å². The van der Waals surface area contributed by atoms with Crippen molar-refractivity contribution in [2.24, 2.45) is 12.0 Å². The minimum atomic E-state index is -0.224. The Morgan fingerprint density at radius 1 is 1.38 bits per heavy atom. The number of hydrogen-bond acceptors (Lipinski definition) is 1. The summed E-state index contributed by atoms with van der Waals surface area (Å²) in [4.78, 5) is 9.59. The lowest BCUT2D eigenvalue weighted by Gasteiger charge is -2.22. The first-order valence-corrected chi connectivity index (χ1v) is 9.25. The molecule has 3 aromatic rings. The van der Waals surface area contributed by atoms with Crippen molar-refractivity contribution in [2.45, 2.75) is 13.0 Å². The van der Waals surface area contributed by atoms with Gasteiger partial charge in [-0.1, -0.05) is 0 Å². The van der Waals surface area contributed by atoms with Crippen molar-refractivity contribution in [2.75, 3.05) is 20.6 Å². The first kappa shape index (κ1) is 18.5. The predicted octanol–water partition coefficient (Wildman–Crippen LogP) is 3.66. The molecule has 0 saturated heterocycles. The third-order valence-electron chi connectivity index (χ3n) is 4.45. The van der Waals surface area contributed by atoms with Crippen LogP contribution in [0.4, 0.5) is 4.39 Å². The maximum atomic E-state index is 13.3. The average Bonchev–Trinajstić information content (AvgIpc) is 3.13. The summed E-state index contributed by atoms with van der Waals surface area (Å²) < 4.78 is 16.5. The van der Waals surface area contributed by atoms with Crippen LogP contribution in [0.2, 0.25) is 0 Å². The molecule has 1 aromatic carbocycles. The lowest BCUT2D eigenvalue weighted by Crippen LogP contribution is -2.39. The number of nitrogens with zero attached hydrogens (tertiary/aromatic N) is 3. The molecule has 0 atom stereocenters. The van der Waals surface area contributed by atoms with Gasteiger partial charge in [-0.3, -0.25) is 4.99 Å². The third kappa shape index (κ3) is 4.09. The van der Waals surface area contributed by atoms with Crippen LogP contribution in [0.3, 0.4) is 0 Å². The van der Waals surface area contributed by atoms with E-state index >= 15 is 0 Å². The molecule has 26 heavy (non-hydrogen) atoms. The molecule has 0 aliphatic heterocycles. The molecule has 2 heterocycles. The predicted molar refractivity (Wildman–Crippen MR) is 108 cm³/mol. The molecule has 0 amide bonds. The Hall–Kier alpha value is -2.28. The van der Waals surface area contributed by atoms with E-state index in [1.54, 1.807) is 7.05 Å². The molecule has 0 spiro atoms. The van der Waals surface area contributed by atoms with Crippen LogP contribution in [0.15, 0.2) is 46.1 Å². The van der Waals surface area contributed by atoms with Crippen molar-refractivity contribution in [1.29, 1.82) is 0 Å². The van der Waals surface area contributed by atoms with Gasteiger partial charge >= 0.3 is 0 Å². The zero-order valence-corrected chi connectivity index (χ0v) is 16.8. The summed E-state index contributed by atoms with van der Waals surface area (Å²) >= 11 is 3.50. The van der Waals surface area contributed by atoms with Crippen molar-refractivity contribution < 1.29 is 4.39 Å². The number of H-pyrrole nitrogens is 1. The molecule has 2 aromatic heterocycles. The Kier molecular flexibility index (Phi) is 5.66. The monoisotopic (exact) mass is 419 g/mol. The molecule has 0 fully saturated rings. The highest BCUT2D eigenvalue weighted by molar-refractivity contribution is 9.10. The van der Waals surface area contributed by atoms with Gasteiger partial charge in [-0.25, -0.2) is 4.39 Å². The summed E-state index contributed by atoms with van der Waals surface area (Å²) in [6, 6.07) is 6.95. The van der Waals surface area contributed by atoms with Gasteiger partial charge in [0.25, 0.3) is 0 Å². The topological polar surface area (TPSA) is 48.4 Å². The second kappa shape index (κ2) is 7.95. The highest BCUT2D eigenvalue weighted by atomic mass is 79.9. The van der Waals surface area contributed by atoms with Gasteiger partial charge in [0, 0.05) is 61.2 Å². The maximum Gasteiger partial charge on any atom is 0.193 e. The largest absolute Gasteiger partial charge is 0.361 e. The first-order chi connectivity index (χ1) is 12.5. The Labute approximate surface area is 161 Å². The van der Waals surface area contributed by atoms with Crippen LogP contribution in [0.1, 0.15) is 11.3 Å². The van der Waals surface area contributed by atoms with Crippen LogP contribution in [-0.4, -0.2) is 41.1 Å². The van der Waals surface area contributed by atoms with E-state index in [2.05, 4.69) is 46.8 Å². The SMILES string of the molecule is CN=C(NCCc1c[nH]c2cc(F)ccc12)N(C)Cc1cc(Br)cn1C. The summed E-state index contributed by atoms with van der Waals surface area (Å²) in [5, 5.41) is 4.46. The summed E-state index contributed by atoms with van der Waals surface area (Å²) in [5.41, 5.74) is 3.19. The van der Waals surface area contributed by atoms with Gasteiger partial charge in [0.05, 0.1) is 6.54 Å². The van der Waals surface area contributed by atoms with Crippen LogP contribution >= 0.6 is 15.9 Å².